The molecule has 0 saturated heterocycles. The molecule has 0 aliphatic carbocycles. The first-order valence-electron chi connectivity index (χ1n) is 7.59. The molecule has 0 radical (unpaired) electrons. The van der Waals surface area contributed by atoms with Crippen molar-refractivity contribution in [3.05, 3.63) is 34.1 Å². The maximum atomic E-state index is 13.1. The molecule has 1 aromatic carbocycles. The zero-order valence-electron chi connectivity index (χ0n) is 14.4. The van der Waals surface area contributed by atoms with Crippen LogP contribution in [0.3, 0.4) is 0 Å². The van der Waals surface area contributed by atoms with Gasteiger partial charge in [0.25, 0.3) is 10.0 Å². The van der Waals surface area contributed by atoms with Gasteiger partial charge in [0.15, 0.2) is 13.2 Å². The molecule has 0 fully saturated rings. The minimum Gasteiger partial charge on any atom is -0.487 e. The number of nitrogens with one attached hydrogen (secondary N) is 1. The van der Waals surface area contributed by atoms with Crippen molar-refractivity contribution in [2.75, 3.05) is 17.9 Å². The number of hydrogen-bond donors (Lipinski definition) is 1. The Labute approximate surface area is 178 Å². The molecule has 15 heteroatoms. The molecule has 0 unspecified atom stereocenters. The molecule has 1 aromatic heterocycles. The Kier molecular flexibility index (Phi) is 7.50. The molecular formula is C15H11BrF7NO4S2. The van der Waals surface area contributed by atoms with Gasteiger partial charge in [0.2, 0.25) is 0 Å². The van der Waals surface area contributed by atoms with E-state index < -0.39 is 58.9 Å². The van der Waals surface area contributed by atoms with Crippen LogP contribution in [0.25, 0.3) is 0 Å². The second kappa shape index (κ2) is 9.18. The maximum absolute atomic E-state index is 13.1. The topological polar surface area (TPSA) is 64.6 Å². The summed E-state index contributed by atoms with van der Waals surface area (Å²) in [6.07, 6.45) is -8.79. The summed E-state index contributed by atoms with van der Waals surface area (Å²) in [6.45, 7) is -3.56. The molecule has 0 bridgehead atoms. The van der Waals surface area contributed by atoms with E-state index in [4.69, 9.17) is 0 Å². The lowest BCUT2D eigenvalue weighted by Gasteiger charge is -2.18. The molecule has 0 aliphatic heterocycles. The Hall–Kier alpha value is -1.74. The van der Waals surface area contributed by atoms with Crippen molar-refractivity contribution in [3.63, 3.8) is 0 Å². The first kappa shape index (κ1) is 24.5. The van der Waals surface area contributed by atoms with E-state index >= 15 is 0 Å². The first-order valence-corrected chi connectivity index (χ1v) is 10.7. The number of alkyl halides is 7. The molecule has 30 heavy (non-hydrogen) atoms. The summed E-state index contributed by atoms with van der Waals surface area (Å²) in [5.41, 5.74) is -0.394. The van der Waals surface area contributed by atoms with E-state index in [9.17, 15) is 39.2 Å². The lowest BCUT2D eigenvalue weighted by atomic mass is 10.3. The highest BCUT2D eigenvalue weighted by atomic mass is 79.9. The van der Waals surface area contributed by atoms with Crippen LogP contribution in [-0.4, -0.2) is 40.2 Å². The molecular weight excluding hydrogens is 535 g/mol. The summed E-state index contributed by atoms with van der Waals surface area (Å²) >= 11 is 3.90. The van der Waals surface area contributed by atoms with E-state index in [2.05, 4.69) is 25.4 Å². The second-order valence-corrected chi connectivity index (χ2v) is 9.98. The van der Waals surface area contributed by atoms with E-state index in [0.29, 0.717) is 3.79 Å². The van der Waals surface area contributed by atoms with Gasteiger partial charge in [-0.2, -0.15) is 22.0 Å². The van der Waals surface area contributed by atoms with E-state index in [1.807, 2.05) is 4.72 Å². The highest BCUT2D eigenvalue weighted by Gasteiger charge is 2.41. The number of halogens is 8. The van der Waals surface area contributed by atoms with Crippen molar-refractivity contribution in [2.24, 2.45) is 0 Å². The zero-order valence-corrected chi connectivity index (χ0v) is 17.6. The maximum Gasteiger partial charge on any atom is 0.422 e. The summed E-state index contributed by atoms with van der Waals surface area (Å²) in [5, 5.41) is 0. The molecule has 0 spiro atoms. The van der Waals surface area contributed by atoms with Crippen LogP contribution in [0.4, 0.5) is 36.4 Å². The monoisotopic (exact) mass is 545 g/mol. The van der Waals surface area contributed by atoms with Gasteiger partial charge < -0.3 is 9.47 Å². The number of hydrogen-bond acceptors (Lipinski definition) is 5. The third-order valence-corrected chi connectivity index (χ3v) is 6.60. The predicted octanol–water partition coefficient (Wildman–Crippen LogP) is 5.53. The van der Waals surface area contributed by atoms with Gasteiger partial charge in [-0.1, -0.05) is 0 Å². The fraction of sp³-hybridized carbons (Fsp3) is 0.333. The van der Waals surface area contributed by atoms with E-state index in [1.54, 1.807) is 0 Å². The molecule has 0 amide bonds. The molecule has 0 aliphatic rings. The Morgan fingerprint density at radius 1 is 1.00 bits per heavy atom. The van der Waals surface area contributed by atoms with Crippen LogP contribution in [0.2, 0.25) is 0 Å². The van der Waals surface area contributed by atoms with Gasteiger partial charge in [0, 0.05) is 18.2 Å². The Morgan fingerprint density at radius 2 is 1.57 bits per heavy atom. The SMILES string of the molecule is O=S(=O)(Nc1cc(OCC(F)(F)F)cc(OCC(F)(F)C(F)F)c1)c1ccc(Br)s1. The van der Waals surface area contributed by atoms with Crippen molar-refractivity contribution in [1.29, 1.82) is 0 Å². The minimum absolute atomic E-state index is 0.164. The van der Waals surface area contributed by atoms with Crippen molar-refractivity contribution in [3.8, 4) is 11.5 Å². The van der Waals surface area contributed by atoms with E-state index in [-0.39, 0.29) is 4.21 Å². The third kappa shape index (κ3) is 7.19. The van der Waals surface area contributed by atoms with Crippen LogP contribution in [0.15, 0.2) is 38.3 Å². The van der Waals surface area contributed by atoms with Gasteiger partial charge in [-0.3, -0.25) is 4.72 Å². The highest BCUT2D eigenvalue weighted by molar-refractivity contribution is 9.11. The van der Waals surface area contributed by atoms with Gasteiger partial charge >= 0.3 is 18.5 Å². The molecule has 1 N–H and O–H groups in total. The number of thiophene rings is 1. The van der Waals surface area contributed by atoms with E-state index in [1.165, 1.54) is 12.1 Å². The molecule has 0 atom stereocenters. The third-order valence-electron chi connectivity index (χ3n) is 3.10. The normalized spacial score (nSPS) is 12.8. The number of anilines is 1. The minimum atomic E-state index is -4.75. The predicted molar refractivity (Wildman–Crippen MR) is 97.3 cm³/mol. The van der Waals surface area contributed by atoms with Gasteiger partial charge in [-0.25, -0.2) is 17.2 Å². The molecule has 0 saturated carbocycles. The van der Waals surface area contributed by atoms with Gasteiger partial charge in [-0.05, 0) is 28.1 Å². The highest BCUT2D eigenvalue weighted by Crippen LogP contribution is 2.33. The molecule has 168 valence electrons. The molecule has 5 nitrogen and oxygen atoms in total. The lowest BCUT2D eigenvalue weighted by molar-refractivity contribution is -0.153. The van der Waals surface area contributed by atoms with Crippen LogP contribution in [0.1, 0.15) is 0 Å². The Bertz CT molecular complexity index is 980. The second-order valence-electron chi connectivity index (χ2n) is 5.61. The largest absolute Gasteiger partial charge is 0.487 e. The van der Waals surface area contributed by atoms with Gasteiger partial charge in [-0.15, -0.1) is 11.3 Å². The number of rotatable bonds is 9. The standard InChI is InChI=1S/C15H11BrF7NO4S2/c16-11-1-2-12(29-11)30(25,26)24-8-3-9(27-6-14(19,20)13(17)18)5-10(4-8)28-7-15(21,22)23/h1-5,13,24H,6-7H2. The van der Waals surface area contributed by atoms with Crippen molar-refractivity contribution in [2.45, 2.75) is 22.7 Å². The van der Waals surface area contributed by atoms with Crippen molar-refractivity contribution < 1.29 is 48.6 Å². The fourth-order valence-corrected chi connectivity index (χ4v) is 4.90. The zero-order chi connectivity index (χ0) is 22.7. The van der Waals surface area contributed by atoms with Crippen LogP contribution >= 0.6 is 27.3 Å². The number of benzene rings is 1. The van der Waals surface area contributed by atoms with Crippen molar-refractivity contribution in [1.82, 2.24) is 0 Å². The summed E-state index contributed by atoms with van der Waals surface area (Å²) in [6, 6.07) is 5.09. The number of ether oxygens (including phenoxy) is 2. The smallest absolute Gasteiger partial charge is 0.422 e. The fourth-order valence-electron chi connectivity index (χ4n) is 1.85. The summed E-state index contributed by atoms with van der Waals surface area (Å²) in [7, 11) is -4.19. The van der Waals surface area contributed by atoms with Crippen molar-refractivity contribution >= 4 is 43.0 Å². The quantitative estimate of drug-likeness (QED) is 0.421. The summed E-state index contributed by atoms with van der Waals surface area (Å²) in [4.78, 5) is 0. The molecule has 1 heterocycles. The van der Waals surface area contributed by atoms with E-state index in [0.717, 1.165) is 29.5 Å². The van der Waals surface area contributed by atoms with Gasteiger partial charge in [0.1, 0.15) is 15.7 Å². The van der Waals surface area contributed by atoms with Crippen LogP contribution in [-0.2, 0) is 10.0 Å². The molecule has 2 aromatic rings. The van der Waals surface area contributed by atoms with Crippen LogP contribution < -0.4 is 14.2 Å². The average Bonchev–Trinajstić information content (AvgIpc) is 3.04. The number of sulfonamides is 1. The molecule has 2 rings (SSSR count). The summed E-state index contributed by atoms with van der Waals surface area (Å²) < 4.78 is 124. The van der Waals surface area contributed by atoms with Gasteiger partial charge in [0.05, 0.1) is 9.47 Å². The first-order chi connectivity index (χ1) is 13.7. The average molecular weight is 546 g/mol. The van der Waals surface area contributed by atoms with Crippen LogP contribution in [0.5, 0.6) is 11.5 Å². The lowest BCUT2D eigenvalue weighted by Crippen LogP contribution is -2.33. The summed E-state index contributed by atoms with van der Waals surface area (Å²) in [5.74, 6) is -5.73. The Morgan fingerprint density at radius 3 is 2.03 bits per heavy atom. The van der Waals surface area contributed by atoms with Crippen LogP contribution in [0, 0.1) is 0 Å². The Balaban J connectivity index is 2.31.